The first-order valence-corrected chi connectivity index (χ1v) is 7.29. The molecule has 102 valence electrons. The van der Waals surface area contributed by atoms with Gasteiger partial charge in [-0.15, -0.1) is 0 Å². The van der Waals surface area contributed by atoms with E-state index in [0.717, 1.165) is 23.5 Å². The van der Waals surface area contributed by atoms with Crippen LogP contribution in [-0.4, -0.2) is 25.2 Å². The minimum absolute atomic E-state index is 0.106. The standard InChI is InChI=1S/C14H22FNOS/c1-5-10(2)18-9-13(16-3)12-8-11(15)6-7-14(12)17-4/h6-8,10,13,16H,5,9H2,1-4H3. The van der Waals surface area contributed by atoms with Gasteiger partial charge in [0.25, 0.3) is 0 Å². The first-order chi connectivity index (χ1) is 8.62. The fourth-order valence-electron chi connectivity index (χ4n) is 1.68. The van der Waals surface area contributed by atoms with Crippen molar-refractivity contribution in [2.45, 2.75) is 31.6 Å². The van der Waals surface area contributed by atoms with Crippen LogP contribution in [0.1, 0.15) is 31.9 Å². The number of nitrogens with one attached hydrogen (secondary N) is 1. The summed E-state index contributed by atoms with van der Waals surface area (Å²) in [6.07, 6.45) is 1.14. The maximum absolute atomic E-state index is 13.4. The molecule has 1 aromatic carbocycles. The molecule has 0 saturated carbocycles. The number of thioether (sulfide) groups is 1. The molecule has 0 spiro atoms. The predicted molar refractivity (Wildman–Crippen MR) is 77.0 cm³/mol. The molecule has 1 rings (SSSR count). The van der Waals surface area contributed by atoms with Gasteiger partial charge in [0.05, 0.1) is 7.11 Å². The van der Waals surface area contributed by atoms with Crippen molar-refractivity contribution in [3.8, 4) is 5.75 Å². The van der Waals surface area contributed by atoms with Gasteiger partial charge < -0.3 is 10.1 Å². The lowest BCUT2D eigenvalue weighted by Crippen LogP contribution is -2.20. The van der Waals surface area contributed by atoms with Gasteiger partial charge in [-0.3, -0.25) is 0 Å². The molecule has 0 saturated heterocycles. The molecule has 0 aliphatic rings. The Hall–Kier alpha value is -0.740. The summed E-state index contributed by atoms with van der Waals surface area (Å²) in [6, 6.07) is 4.77. The molecule has 0 aliphatic heterocycles. The summed E-state index contributed by atoms with van der Waals surface area (Å²) in [6.45, 7) is 4.38. The van der Waals surface area contributed by atoms with Crippen molar-refractivity contribution >= 4 is 11.8 Å². The van der Waals surface area contributed by atoms with Gasteiger partial charge in [-0.25, -0.2) is 4.39 Å². The van der Waals surface area contributed by atoms with Crippen molar-refractivity contribution in [2.24, 2.45) is 0 Å². The minimum Gasteiger partial charge on any atom is -0.496 e. The van der Waals surface area contributed by atoms with E-state index in [2.05, 4.69) is 19.2 Å². The highest BCUT2D eigenvalue weighted by molar-refractivity contribution is 7.99. The van der Waals surface area contributed by atoms with E-state index in [0.29, 0.717) is 5.25 Å². The highest BCUT2D eigenvalue weighted by Crippen LogP contribution is 2.29. The second-order valence-electron chi connectivity index (χ2n) is 4.28. The average molecular weight is 271 g/mol. The van der Waals surface area contributed by atoms with Crippen LogP contribution >= 0.6 is 11.8 Å². The van der Waals surface area contributed by atoms with E-state index in [1.54, 1.807) is 19.2 Å². The molecule has 0 aromatic heterocycles. The second-order valence-corrected chi connectivity index (χ2v) is 5.75. The molecular weight excluding hydrogens is 249 g/mol. The number of rotatable bonds is 7. The Morgan fingerprint density at radius 1 is 1.44 bits per heavy atom. The Kier molecular flexibility index (Phi) is 6.50. The number of ether oxygens (including phenoxy) is 1. The molecule has 0 radical (unpaired) electrons. The molecule has 0 aliphatic carbocycles. The summed E-state index contributed by atoms with van der Waals surface area (Å²) < 4.78 is 18.7. The smallest absolute Gasteiger partial charge is 0.123 e. The zero-order valence-corrected chi connectivity index (χ0v) is 12.3. The van der Waals surface area contributed by atoms with Crippen LogP contribution in [0.4, 0.5) is 4.39 Å². The second kappa shape index (κ2) is 7.64. The summed E-state index contributed by atoms with van der Waals surface area (Å²) >= 11 is 1.89. The van der Waals surface area contributed by atoms with Gasteiger partial charge in [0.15, 0.2) is 0 Å². The Bertz CT molecular complexity index is 373. The van der Waals surface area contributed by atoms with Crippen LogP contribution in [0.3, 0.4) is 0 Å². The molecule has 1 N–H and O–H groups in total. The van der Waals surface area contributed by atoms with Crippen molar-refractivity contribution in [1.29, 1.82) is 0 Å². The Morgan fingerprint density at radius 3 is 2.72 bits per heavy atom. The zero-order valence-electron chi connectivity index (χ0n) is 11.5. The maximum atomic E-state index is 13.4. The van der Waals surface area contributed by atoms with Crippen LogP contribution < -0.4 is 10.1 Å². The monoisotopic (exact) mass is 271 g/mol. The highest BCUT2D eigenvalue weighted by atomic mass is 32.2. The molecule has 0 bridgehead atoms. The van der Waals surface area contributed by atoms with Gasteiger partial charge in [-0.1, -0.05) is 13.8 Å². The van der Waals surface area contributed by atoms with Crippen molar-refractivity contribution in [1.82, 2.24) is 5.32 Å². The average Bonchev–Trinajstić information content (AvgIpc) is 2.39. The van der Waals surface area contributed by atoms with Crippen LogP contribution in [0.5, 0.6) is 5.75 Å². The van der Waals surface area contributed by atoms with Crippen molar-refractivity contribution in [2.75, 3.05) is 19.9 Å². The van der Waals surface area contributed by atoms with E-state index in [1.165, 1.54) is 6.07 Å². The van der Waals surface area contributed by atoms with Crippen molar-refractivity contribution in [3.05, 3.63) is 29.6 Å². The Morgan fingerprint density at radius 2 is 2.17 bits per heavy atom. The molecule has 2 atom stereocenters. The lowest BCUT2D eigenvalue weighted by atomic mass is 10.1. The maximum Gasteiger partial charge on any atom is 0.123 e. The molecule has 2 unspecified atom stereocenters. The third-order valence-electron chi connectivity index (χ3n) is 3.04. The van der Waals surface area contributed by atoms with Gasteiger partial charge in [0.1, 0.15) is 11.6 Å². The van der Waals surface area contributed by atoms with Gasteiger partial charge >= 0.3 is 0 Å². The van der Waals surface area contributed by atoms with Gasteiger partial charge in [-0.2, -0.15) is 11.8 Å². The summed E-state index contributed by atoms with van der Waals surface area (Å²) in [4.78, 5) is 0. The number of benzene rings is 1. The van der Waals surface area contributed by atoms with Crippen molar-refractivity contribution in [3.63, 3.8) is 0 Å². The number of hydrogen-bond donors (Lipinski definition) is 1. The fraction of sp³-hybridized carbons (Fsp3) is 0.571. The topological polar surface area (TPSA) is 21.3 Å². The normalized spacial score (nSPS) is 14.3. The first kappa shape index (κ1) is 15.3. The SMILES string of the molecule is CCC(C)SCC(NC)c1cc(F)ccc1OC. The summed E-state index contributed by atoms with van der Waals surface area (Å²) in [5.74, 6) is 1.42. The number of halogens is 1. The van der Waals surface area contributed by atoms with Crippen molar-refractivity contribution < 1.29 is 9.13 Å². The van der Waals surface area contributed by atoms with Crippen LogP contribution in [0.25, 0.3) is 0 Å². The van der Waals surface area contributed by atoms with E-state index in [-0.39, 0.29) is 11.9 Å². The minimum atomic E-state index is -0.223. The number of hydrogen-bond acceptors (Lipinski definition) is 3. The molecule has 2 nitrogen and oxygen atoms in total. The van der Waals surface area contributed by atoms with E-state index >= 15 is 0 Å². The van der Waals surface area contributed by atoms with E-state index < -0.39 is 0 Å². The Labute approximate surface area is 113 Å². The highest BCUT2D eigenvalue weighted by Gasteiger charge is 2.16. The van der Waals surface area contributed by atoms with Gasteiger partial charge in [0.2, 0.25) is 0 Å². The molecule has 18 heavy (non-hydrogen) atoms. The number of methoxy groups -OCH3 is 1. The lowest BCUT2D eigenvalue weighted by molar-refractivity contribution is 0.402. The summed E-state index contributed by atoms with van der Waals surface area (Å²) in [7, 11) is 3.51. The summed E-state index contributed by atoms with van der Waals surface area (Å²) in [5.41, 5.74) is 0.885. The predicted octanol–water partition coefficient (Wildman–Crippen LogP) is 3.63. The van der Waals surface area contributed by atoms with E-state index in [4.69, 9.17) is 4.74 Å². The quantitative estimate of drug-likeness (QED) is 0.818. The largest absolute Gasteiger partial charge is 0.496 e. The van der Waals surface area contributed by atoms with E-state index in [1.807, 2.05) is 18.8 Å². The molecule has 0 heterocycles. The van der Waals surface area contributed by atoms with Crippen LogP contribution in [0, 0.1) is 5.82 Å². The molecule has 1 aromatic rings. The van der Waals surface area contributed by atoms with Crippen LogP contribution in [0.2, 0.25) is 0 Å². The summed E-state index contributed by atoms with van der Waals surface area (Å²) in [5, 5.41) is 3.84. The van der Waals surface area contributed by atoms with Crippen LogP contribution in [0.15, 0.2) is 18.2 Å². The third-order valence-corrected chi connectivity index (χ3v) is 4.47. The molecule has 0 amide bonds. The Balaban J connectivity index is 2.83. The fourth-order valence-corrected chi connectivity index (χ4v) is 2.79. The molecular formula is C14H22FNOS. The zero-order chi connectivity index (χ0) is 13.5. The molecule has 0 fully saturated rings. The first-order valence-electron chi connectivity index (χ1n) is 6.24. The van der Waals surface area contributed by atoms with Gasteiger partial charge in [-0.05, 0) is 31.7 Å². The lowest BCUT2D eigenvalue weighted by Gasteiger charge is -2.20. The van der Waals surface area contributed by atoms with Gasteiger partial charge in [0, 0.05) is 22.6 Å². The van der Waals surface area contributed by atoms with Crippen LogP contribution in [-0.2, 0) is 0 Å². The third kappa shape index (κ3) is 4.18. The van der Waals surface area contributed by atoms with E-state index in [9.17, 15) is 4.39 Å². The molecule has 4 heteroatoms.